The van der Waals surface area contributed by atoms with E-state index in [1.165, 1.54) is 4.31 Å². The topological polar surface area (TPSA) is 136 Å². The monoisotopic (exact) mass is 471 g/mol. The van der Waals surface area contributed by atoms with Gasteiger partial charge in [0.2, 0.25) is 19.1 Å². The van der Waals surface area contributed by atoms with E-state index in [-0.39, 0.29) is 36.7 Å². The van der Waals surface area contributed by atoms with Gasteiger partial charge in [0.15, 0.2) is 0 Å². The van der Waals surface area contributed by atoms with Gasteiger partial charge >= 0.3 is 6.09 Å². The molecule has 0 saturated carbocycles. The summed E-state index contributed by atoms with van der Waals surface area (Å²) >= 11 is 0. The van der Waals surface area contributed by atoms with E-state index >= 15 is 0 Å². The Morgan fingerprint density at radius 1 is 1.14 bits per heavy atom. The van der Waals surface area contributed by atoms with E-state index in [0.717, 1.165) is 5.56 Å². The van der Waals surface area contributed by atoms with Crippen molar-refractivity contribution in [2.45, 2.75) is 32.9 Å². The van der Waals surface area contributed by atoms with Gasteiger partial charge in [-0.05, 0) is 26.3 Å². The lowest BCUT2D eigenvalue weighted by atomic mass is 10.1. The van der Waals surface area contributed by atoms with Gasteiger partial charge in [0, 0.05) is 36.4 Å². The molecule has 0 spiro atoms. The van der Waals surface area contributed by atoms with Crippen LogP contribution in [0, 0.1) is 0 Å². The fraction of sp³-hybridized carbons (Fsp3) is 0.588. The molecule has 168 valence electrons. The van der Waals surface area contributed by atoms with Crippen LogP contribution in [0.25, 0.3) is 0 Å². The number of nitrogens with one attached hydrogen (secondary N) is 1. The predicted molar refractivity (Wildman–Crippen MR) is 115 cm³/mol. The highest BCUT2D eigenvalue weighted by molar-refractivity contribution is 8.13. The van der Waals surface area contributed by atoms with Crippen LogP contribution in [-0.2, 0) is 30.4 Å². The lowest BCUT2D eigenvalue weighted by Gasteiger charge is -2.30. The Bertz CT molecular complexity index is 824. The van der Waals surface area contributed by atoms with Gasteiger partial charge in [-0.3, -0.25) is 0 Å². The summed E-state index contributed by atoms with van der Waals surface area (Å²) in [7, 11) is -0.201. The largest absolute Gasteiger partial charge is 0.445 e. The summed E-state index contributed by atoms with van der Waals surface area (Å²) in [6.45, 7) is 5.78. The summed E-state index contributed by atoms with van der Waals surface area (Å²) in [5.41, 5.74) is 5.68. The molecular formula is C17H30ClN3O6S2. The minimum atomic E-state index is -3.58. The molecule has 0 aliphatic heterocycles. The van der Waals surface area contributed by atoms with Crippen molar-refractivity contribution in [1.82, 2.24) is 9.62 Å². The van der Waals surface area contributed by atoms with Crippen LogP contribution in [0.3, 0.4) is 0 Å². The molecule has 0 bridgehead atoms. The number of hydrogen-bond donors (Lipinski definition) is 2. The van der Waals surface area contributed by atoms with Crippen LogP contribution in [0.4, 0.5) is 4.79 Å². The molecule has 0 saturated heterocycles. The maximum atomic E-state index is 11.4. The number of halogens is 1. The summed E-state index contributed by atoms with van der Waals surface area (Å²) in [6.07, 6.45) is -0.672. The molecule has 0 atom stereocenters. The standard InChI is InChI=1S/C10H12ClNO4S.C7H18N2O2S/c11-17(14,15)7-6-12-10(13)16-8-9-4-2-1-3-5-9;1-7(2,3)9(4)12(10,11)6-5-8/h1-5H,6-8H2,(H,12,13);5-6,8H2,1-4H3. The average molecular weight is 472 g/mol. The Balaban J connectivity index is 0.000000578. The van der Waals surface area contributed by atoms with Crippen molar-refractivity contribution in [3.8, 4) is 0 Å². The molecule has 12 heteroatoms. The molecule has 1 aromatic rings. The third-order valence-electron chi connectivity index (χ3n) is 3.57. The van der Waals surface area contributed by atoms with Crippen molar-refractivity contribution >= 4 is 35.8 Å². The Morgan fingerprint density at radius 2 is 1.69 bits per heavy atom. The van der Waals surface area contributed by atoms with Gasteiger partial charge in [0.05, 0.1) is 11.5 Å². The number of rotatable bonds is 8. The zero-order valence-electron chi connectivity index (χ0n) is 17.1. The van der Waals surface area contributed by atoms with E-state index in [9.17, 15) is 21.6 Å². The Hall–Kier alpha value is -1.40. The van der Waals surface area contributed by atoms with Crippen molar-refractivity contribution in [2.24, 2.45) is 5.73 Å². The number of carbonyl (C=O) groups excluding carboxylic acids is 1. The van der Waals surface area contributed by atoms with Gasteiger partial charge < -0.3 is 15.8 Å². The van der Waals surface area contributed by atoms with Crippen molar-refractivity contribution in [1.29, 1.82) is 0 Å². The number of sulfonamides is 1. The molecule has 29 heavy (non-hydrogen) atoms. The lowest BCUT2D eigenvalue weighted by Crippen LogP contribution is -2.44. The second-order valence-electron chi connectivity index (χ2n) is 6.97. The van der Waals surface area contributed by atoms with Crippen LogP contribution in [0.1, 0.15) is 26.3 Å². The SMILES string of the molecule is CN(C(C)(C)C)S(=O)(=O)CCN.O=C(NCCS(=O)(=O)Cl)OCc1ccccc1. The van der Waals surface area contributed by atoms with Crippen LogP contribution in [0.2, 0.25) is 0 Å². The smallest absolute Gasteiger partial charge is 0.407 e. The van der Waals surface area contributed by atoms with Crippen molar-refractivity contribution < 1.29 is 26.4 Å². The third kappa shape index (κ3) is 13.4. The third-order valence-corrected chi connectivity index (χ3v) is 6.85. The van der Waals surface area contributed by atoms with Gasteiger partial charge in [-0.15, -0.1) is 0 Å². The Morgan fingerprint density at radius 3 is 2.14 bits per heavy atom. The second kappa shape index (κ2) is 12.3. The van der Waals surface area contributed by atoms with Crippen molar-refractivity contribution in [3.63, 3.8) is 0 Å². The van der Waals surface area contributed by atoms with Crippen LogP contribution < -0.4 is 11.1 Å². The number of alkyl carbamates (subject to hydrolysis) is 1. The molecule has 9 nitrogen and oxygen atoms in total. The van der Waals surface area contributed by atoms with Crippen LogP contribution >= 0.6 is 10.7 Å². The molecule has 3 N–H and O–H groups in total. The fourth-order valence-corrected chi connectivity index (χ4v) is 3.74. The first-order valence-electron chi connectivity index (χ1n) is 8.72. The van der Waals surface area contributed by atoms with E-state index < -0.39 is 25.2 Å². The summed E-state index contributed by atoms with van der Waals surface area (Å²) in [5, 5.41) is 2.28. The highest BCUT2D eigenvalue weighted by Gasteiger charge is 2.27. The van der Waals surface area contributed by atoms with E-state index in [4.69, 9.17) is 21.2 Å². The number of benzene rings is 1. The molecule has 0 radical (unpaired) electrons. The Kier molecular flexibility index (Phi) is 11.7. The van der Waals surface area contributed by atoms with Crippen LogP contribution in [0.5, 0.6) is 0 Å². The molecule has 0 fully saturated rings. The molecule has 0 aliphatic carbocycles. The van der Waals surface area contributed by atoms with Gasteiger partial charge in [-0.25, -0.2) is 21.6 Å². The number of carbonyl (C=O) groups is 1. The van der Waals surface area contributed by atoms with Gasteiger partial charge in [0.1, 0.15) is 6.61 Å². The number of amides is 1. The van der Waals surface area contributed by atoms with E-state index in [0.29, 0.717) is 0 Å². The summed E-state index contributed by atoms with van der Waals surface area (Å²) in [4.78, 5) is 11.1. The minimum absolute atomic E-state index is 0.0147. The molecule has 0 unspecified atom stereocenters. The van der Waals surface area contributed by atoms with E-state index in [1.807, 2.05) is 51.1 Å². The van der Waals surface area contributed by atoms with E-state index in [2.05, 4.69) is 5.32 Å². The van der Waals surface area contributed by atoms with Crippen molar-refractivity contribution in [3.05, 3.63) is 35.9 Å². The lowest BCUT2D eigenvalue weighted by molar-refractivity contribution is 0.140. The first-order chi connectivity index (χ1) is 13.2. The maximum absolute atomic E-state index is 11.4. The first-order valence-corrected chi connectivity index (χ1v) is 12.8. The fourth-order valence-electron chi connectivity index (χ4n) is 1.75. The molecule has 0 heterocycles. The van der Waals surface area contributed by atoms with Crippen LogP contribution in [0.15, 0.2) is 30.3 Å². The molecule has 0 aliphatic rings. The summed E-state index contributed by atoms with van der Waals surface area (Å²) in [5.74, 6) is -0.310. The minimum Gasteiger partial charge on any atom is -0.445 e. The van der Waals surface area contributed by atoms with E-state index in [1.54, 1.807) is 7.05 Å². The molecular weight excluding hydrogens is 442 g/mol. The first kappa shape index (κ1) is 27.6. The summed E-state index contributed by atoms with van der Waals surface area (Å²) in [6, 6.07) is 9.15. The normalized spacial score (nSPS) is 12.1. The zero-order chi connectivity index (χ0) is 22.7. The number of nitrogens with two attached hydrogens (primary N) is 1. The highest BCUT2D eigenvalue weighted by atomic mass is 35.7. The average Bonchev–Trinajstić information content (AvgIpc) is 2.59. The molecule has 1 rings (SSSR count). The molecule has 1 amide bonds. The molecule has 1 aromatic carbocycles. The molecule has 0 aromatic heterocycles. The maximum Gasteiger partial charge on any atom is 0.407 e. The Labute approximate surface area is 178 Å². The van der Waals surface area contributed by atoms with Gasteiger partial charge in [0.25, 0.3) is 0 Å². The number of ether oxygens (including phenoxy) is 1. The van der Waals surface area contributed by atoms with Crippen molar-refractivity contribution in [2.75, 3.05) is 31.6 Å². The predicted octanol–water partition coefficient (Wildman–Crippen LogP) is 1.49. The zero-order valence-corrected chi connectivity index (χ0v) is 19.5. The van der Waals surface area contributed by atoms with Gasteiger partial charge in [-0.2, -0.15) is 4.31 Å². The second-order valence-corrected chi connectivity index (χ2v) is 12.0. The number of nitrogens with zero attached hydrogens (tertiary/aromatic N) is 1. The van der Waals surface area contributed by atoms with Crippen LogP contribution in [-0.4, -0.2) is 64.4 Å². The quantitative estimate of drug-likeness (QED) is 0.548. The highest BCUT2D eigenvalue weighted by Crippen LogP contribution is 2.14. The number of hydrogen-bond acceptors (Lipinski definition) is 7. The summed E-state index contributed by atoms with van der Waals surface area (Å²) < 4.78 is 50.2. The van der Waals surface area contributed by atoms with Gasteiger partial charge in [-0.1, -0.05) is 30.3 Å².